The highest BCUT2D eigenvalue weighted by Gasteiger charge is 2.22. The number of hydrogen-bond acceptors (Lipinski definition) is 4. The number of halogens is 1. The van der Waals surface area contributed by atoms with Gasteiger partial charge in [0.05, 0.1) is 6.61 Å². The van der Waals surface area contributed by atoms with Crippen LogP contribution in [-0.4, -0.2) is 48.7 Å². The predicted molar refractivity (Wildman–Crippen MR) is 79.3 cm³/mol. The molecule has 2 aliphatic heterocycles. The fourth-order valence-electron chi connectivity index (χ4n) is 2.84. The van der Waals surface area contributed by atoms with Crippen LogP contribution in [0.3, 0.4) is 0 Å². The first-order valence-corrected chi connectivity index (χ1v) is 7.51. The largest absolute Gasteiger partial charge is 0.467 e. The molecule has 0 saturated carbocycles. The summed E-state index contributed by atoms with van der Waals surface area (Å²) in [7, 11) is 0. The van der Waals surface area contributed by atoms with Crippen molar-refractivity contribution in [2.75, 3.05) is 33.0 Å². The van der Waals surface area contributed by atoms with Gasteiger partial charge >= 0.3 is 0 Å². The zero-order valence-corrected chi connectivity index (χ0v) is 12.9. The Balaban J connectivity index is 1.71. The van der Waals surface area contributed by atoms with Gasteiger partial charge in [-0.05, 0) is 12.1 Å². The van der Waals surface area contributed by atoms with Gasteiger partial charge in [0.25, 0.3) is 0 Å². The van der Waals surface area contributed by atoms with Crippen LogP contribution in [-0.2, 0) is 22.7 Å². The van der Waals surface area contributed by atoms with E-state index in [1.165, 1.54) is 0 Å². The van der Waals surface area contributed by atoms with E-state index in [9.17, 15) is 4.79 Å². The third-order valence-corrected chi connectivity index (χ3v) is 4.18. The minimum absolute atomic E-state index is 0.148. The maximum atomic E-state index is 11.4. The van der Waals surface area contributed by atoms with E-state index in [1.807, 2.05) is 17.0 Å². The van der Waals surface area contributed by atoms with Crippen molar-refractivity contribution in [1.29, 1.82) is 0 Å². The minimum atomic E-state index is 0.148. The maximum Gasteiger partial charge on any atom is 0.219 e. The van der Waals surface area contributed by atoms with Crippen molar-refractivity contribution in [2.45, 2.75) is 20.1 Å². The number of fused-ring (bicyclic) bond motifs is 1. The standard InChI is InChI=1S/C15H19ClN2O3/c1-11(19)18-4-2-17(3-5-18)8-12-6-14(16)7-13-9-20-10-21-15(12)13/h6-7H,2-5,8-10H2,1H3. The molecule has 0 bridgehead atoms. The number of rotatable bonds is 2. The summed E-state index contributed by atoms with van der Waals surface area (Å²) in [5, 5.41) is 0.709. The summed E-state index contributed by atoms with van der Waals surface area (Å²) in [5.74, 6) is 1.05. The van der Waals surface area contributed by atoms with Gasteiger partial charge in [-0.2, -0.15) is 0 Å². The SMILES string of the molecule is CC(=O)N1CCN(Cc2cc(Cl)cc3c2OCOC3)CC1. The molecule has 0 atom stereocenters. The van der Waals surface area contributed by atoms with E-state index in [1.54, 1.807) is 6.92 Å². The Morgan fingerprint density at radius 3 is 2.76 bits per heavy atom. The molecule has 21 heavy (non-hydrogen) atoms. The zero-order chi connectivity index (χ0) is 14.8. The van der Waals surface area contributed by atoms with Crippen LogP contribution >= 0.6 is 11.6 Å². The van der Waals surface area contributed by atoms with Crippen LogP contribution in [0.2, 0.25) is 5.02 Å². The number of carbonyl (C=O) groups is 1. The van der Waals surface area contributed by atoms with E-state index in [4.69, 9.17) is 21.1 Å². The number of benzene rings is 1. The van der Waals surface area contributed by atoms with Crippen LogP contribution in [0.15, 0.2) is 12.1 Å². The lowest BCUT2D eigenvalue weighted by molar-refractivity contribution is -0.130. The number of nitrogens with zero attached hydrogens (tertiary/aromatic N) is 2. The van der Waals surface area contributed by atoms with Gasteiger partial charge in [0.1, 0.15) is 5.75 Å². The van der Waals surface area contributed by atoms with Crippen LogP contribution < -0.4 is 4.74 Å². The van der Waals surface area contributed by atoms with Crippen molar-refractivity contribution in [3.05, 3.63) is 28.3 Å². The number of carbonyl (C=O) groups excluding carboxylic acids is 1. The first-order chi connectivity index (χ1) is 10.1. The van der Waals surface area contributed by atoms with Crippen molar-refractivity contribution in [3.8, 4) is 5.75 Å². The molecule has 0 radical (unpaired) electrons. The molecule has 2 heterocycles. The Morgan fingerprint density at radius 1 is 1.29 bits per heavy atom. The minimum Gasteiger partial charge on any atom is -0.467 e. The number of ether oxygens (including phenoxy) is 2. The van der Waals surface area contributed by atoms with E-state index in [2.05, 4.69) is 4.90 Å². The quantitative estimate of drug-likeness (QED) is 0.836. The third-order valence-electron chi connectivity index (χ3n) is 3.96. The second-order valence-corrected chi connectivity index (χ2v) is 5.88. The van der Waals surface area contributed by atoms with E-state index in [-0.39, 0.29) is 5.91 Å². The highest BCUT2D eigenvalue weighted by atomic mass is 35.5. The Morgan fingerprint density at radius 2 is 2.05 bits per heavy atom. The average molecular weight is 311 g/mol. The topological polar surface area (TPSA) is 42.0 Å². The molecule has 2 aliphatic rings. The summed E-state index contributed by atoms with van der Waals surface area (Å²) >= 11 is 6.18. The molecule has 0 unspecified atom stereocenters. The van der Waals surface area contributed by atoms with Crippen LogP contribution in [0.4, 0.5) is 0 Å². The fraction of sp³-hybridized carbons (Fsp3) is 0.533. The van der Waals surface area contributed by atoms with Gasteiger partial charge in [-0.1, -0.05) is 11.6 Å². The van der Waals surface area contributed by atoms with Crippen LogP contribution in [0.5, 0.6) is 5.75 Å². The molecule has 3 rings (SSSR count). The first kappa shape index (κ1) is 14.6. The van der Waals surface area contributed by atoms with Gasteiger partial charge in [-0.3, -0.25) is 9.69 Å². The van der Waals surface area contributed by atoms with Gasteiger partial charge in [-0.25, -0.2) is 0 Å². The average Bonchev–Trinajstić information content (AvgIpc) is 2.47. The van der Waals surface area contributed by atoms with Gasteiger partial charge in [0, 0.05) is 55.8 Å². The van der Waals surface area contributed by atoms with Crippen molar-refractivity contribution in [2.24, 2.45) is 0 Å². The predicted octanol–water partition coefficient (Wildman–Crippen LogP) is 1.87. The molecule has 114 valence electrons. The molecule has 0 N–H and O–H groups in total. The van der Waals surface area contributed by atoms with Crippen LogP contribution in [0.25, 0.3) is 0 Å². The molecular formula is C15H19ClN2O3. The Kier molecular flexibility index (Phi) is 4.33. The van der Waals surface area contributed by atoms with E-state index in [0.29, 0.717) is 18.4 Å². The van der Waals surface area contributed by atoms with E-state index >= 15 is 0 Å². The maximum absolute atomic E-state index is 11.4. The number of amides is 1. The van der Waals surface area contributed by atoms with Crippen LogP contribution in [0.1, 0.15) is 18.1 Å². The van der Waals surface area contributed by atoms with Crippen molar-refractivity contribution >= 4 is 17.5 Å². The molecule has 5 nitrogen and oxygen atoms in total. The summed E-state index contributed by atoms with van der Waals surface area (Å²) in [5.41, 5.74) is 2.10. The fourth-order valence-corrected chi connectivity index (χ4v) is 3.10. The zero-order valence-electron chi connectivity index (χ0n) is 12.1. The van der Waals surface area contributed by atoms with Crippen molar-refractivity contribution in [3.63, 3.8) is 0 Å². The Labute approximate surface area is 129 Å². The lowest BCUT2D eigenvalue weighted by atomic mass is 10.1. The number of piperazine rings is 1. The Bertz CT molecular complexity index is 542. The Hall–Kier alpha value is -1.30. The summed E-state index contributed by atoms with van der Waals surface area (Å²) in [6.45, 7) is 6.55. The molecular weight excluding hydrogens is 292 g/mol. The van der Waals surface area contributed by atoms with E-state index < -0.39 is 0 Å². The second kappa shape index (κ2) is 6.22. The lowest BCUT2D eigenvalue weighted by Crippen LogP contribution is -2.47. The smallest absolute Gasteiger partial charge is 0.219 e. The molecule has 1 amide bonds. The monoisotopic (exact) mass is 310 g/mol. The number of hydrogen-bond donors (Lipinski definition) is 0. The van der Waals surface area contributed by atoms with Crippen molar-refractivity contribution in [1.82, 2.24) is 9.80 Å². The second-order valence-electron chi connectivity index (χ2n) is 5.45. The summed E-state index contributed by atoms with van der Waals surface area (Å²) in [6, 6.07) is 3.86. The van der Waals surface area contributed by atoms with Crippen LogP contribution in [0, 0.1) is 0 Å². The highest BCUT2D eigenvalue weighted by Crippen LogP contribution is 2.32. The first-order valence-electron chi connectivity index (χ1n) is 7.13. The lowest BCUT2D eigenvalue weighted by Gasteiger charge is -2.34. The molecule has 1 aromatic carbocycles. The summed E-state index contributed by atoms with van der Waals surface area (Å²) < 4.78 is 10.9. The summed E-state index contributed by atoms with van der Waals surface area (Å²) in [6.07, 6.45) is 0. The normalized spacial score (nSPS) is 19.0. The van der Waals surface area contributed by atoms with E-state index in [0.717, 1.165) is 49.6 Å². The molecule has 0 spiro atoms. The van der Waals surface area contributed by atoms with Gasteiger partial charge in [-0.15, -0.1) is 0 Å². The molecule has 6 heteroatoms. The third kappa shape index (κ3) is 3.31. The molecule has 1 aromatic rings. The molecule has 1 fully saturated rings. The van der Waals surface area contributed by atoms with Gasteiger partial charge < -0.3 is 14.4 Å². The van der Waals surface area contributed by atoms with Crippen molar-refractivity contribution < 1.29 is 14.3 Å². The molecule has 0 aromatic heterocycles. The van der Waals surface area contributed by atoms with Gasteiger partial charge in [0.15, 0.2) is 6.79 Å². The molecule has 0 aliphatic carbocycles. The molecule has 1 saturated heterocycles. The highest BCUT2D eigenvalue weighted by molar-refractivity contribution is 6.30. The van der Waals surface area contributed by atoms with Gasteiger partial charge in [0.2, 0.25) is 5.91 Å². The summed E-state index contributed by atoms with van der Waals surface area (Å²) in [4.78, 5) is 15.6.